The van der Waals surface area contributed by atoms with Crippen LogP contribution >= 0.6 is 38.5 Å². The molecule has 0 fully saturated rings. The Hall–Kier alpha value is -0.580. The van der Waals surface area contributed by atoms with E-state index in [2.05, 4.69) is 25.7 Å². The number of carbonyl (C=O) groups is 1. The van der Waals surface area contributed by atoms with Gasteiger partial charge in [-0.15, -0.1) is 13.2 Å². The Labute approximate surface area is 122 Å². The van der Waals surface area contributed by atoms with Gasteiger partial charge >= 0.3 is 12.3 Å². The lowest BCUT2D eigenvalue weighted by molar-refractivity contribution is -0.276. The molecule has 1 aromatic rings. The molecule has 0 aromatic carbocycles. The van der Waals surface area contributed by atoms with E-state index in [4.69, 9.17) is 5.11 Å². The summed E-state index contributed by atoms with van der Waals surface area (Å²) in [4.78, 5) is 14.3. The Kier molecular flexibility index (Phi) is 5.20. The summed E-state index contributed by atoms with van der Waals surface area (Å²) in [5, 5.41) is 8.88. The summed E-state index contributed by atoms with van der Waals surface area (Å²) in [5.74, 6) is -1.77. The number of carboxylic acids is 1. The van der Waals surface area contributed by atoms with Crippen molar-refractivity contribution in [2.24, 2.45) is 0 Å². The van der Waals surface area contributed by atoms with Crippen LogP contribution in [0.5, 0.6) is 5.88 Å². The molecule has 100 valence electrons. The standard InChI is InChI=1S/C9H6BrF3INO3/c10-3-5-1-4(2-6(16)17)7(14)8(15-5)18-9(11,12)13/h1H,2-3H2,(H,16,17). The second-order valence-corrected chi connectivity index (χ2v) is 4.78. The average Bonchev–Trinajstić information content (AvgIpc) is 2.21. The Morgan fingerprint density at radius 2 is 2.17 bits per heavy atom. The number of aromatic nitrogens is 1. The average molecular weight is 440 g/mol. The molecule has 0 aliphatic heterocycles. The molecular formula is C9H6BrF3INO3. The molecule has 1 heterocycles. The van der Waals surface area contributed by atoms with E-state index in [-0.39, 0.29) is 20.2 Å². The first-order valence-electron chi connectivity index (χ1n) is 4.44. The number of halogens is 5. The van der Waals surface area contributed by atoms with E-state index < -0.39 is 24.6 Å². The zero-order chi connectivity index (χ0) is 13.9. The molecule has 0 amide bonds. The van der Waals surface area contributed by atoms with E-state index in [0.717, 1.165) is 0 Å². The van der Waals surface area contributed by atoms with Crippen molar-refractivity contribution >= 4 is 44.5 Å². The van der Waals surface area contributed by atoms with Crippen molar-refractivity contribution in [1.82, 2.24) is 4.98 Å². The third-order valence-electron chi connectivity index (χ3n) is 1.75. The highest BCUT2D eigenvalue weighted by molar-refractivity contribution is 14.1. The van der Waals surface area contributed by atoms with Gasteiger partial charge in [0.2, 0.25) is 5.88 Å². The summed E-state index contributed by atoms with van der Waals surface area (Å²) >= 11 is 4.63. The van der Waals surface area contributed by atoms with E-state index in [9.17, 15) is 18.0 Å². The molecule has 9 heteroatoms. The van der Waals surface area contributed by atoms with Crippen LogP contribution in [0.15, 0.2) is 6.07 Å². The molecule has 1 N–H and O–H groups in total. The van der Waals surface area contributed by atoms with Gasteiger partial charge in [-0.25, -0.2) is 4.98 Å². The highest BCUT2D eigenvalue weighted by Gasteiger charge is 2.33. The molecule has 0 saturated carbocycles. The highest BCUT2D eigenvalue weighted by atomic mass is 127. The van der Waals surface area contributed by atoms with Crippen molar-refractivity contribution in [1.29, 1.82) is 0 Å². The van der Waals surface area contributed by atoms with Gasteiger partial charge in [0.25, 0.3) is 0 Å². The molecule has 4 nitrogen and oxygen atoms in total. The van der Waals surface area contributed by atoms with Gasteiger partial charge in [0.15, 0.2) is 0 Å². The van der Waals surface area contributed by atoms with Crippen LogP contribution in [0.25, 0.3) is 0 Å². The number of pyridine rings is 1. The summed E-state index contributed by atoms with van der Waals surface area (Å²) in [6.45, 7) is 0. The van der Waals surface area contributed by atoms with Gasteiger partial charge < -0.3 is 9.84 Å². The monoisotopic (exact) mass is 439 g/mol. The number of hydrogen-bond donors (Lipinski definition) is 1. The minimum Gasteiger partial charge on any atom is -0.481 e. The number of alkyl halides is 4. The van der Waals surface area contributed by atoms with Crippen LogP contribution in [0.4, 0.5) is 13.2 Å². The van der Waals surface area contributed by atoms with E-state index in [1.807, 2.05) is 0 Å². The number of hydrogen-bond acceptors (Lipinski definition) is 3. The summed E-state index contributed by atoms with van der Waals surface area (Å²) in [6.07, 6.45) is -5.26. The Morgan fingerprint density at radius 3 is 2.61 bits per heavy atom. The fourth-order valence-corrected chi connectivity index (χ4v) is 2.02. The molecule has 0 radical (unpaired) electrons. The van der Waals surface area contributed by atoms with E-state index in [1.165, 1.54) is 6.07 Å². The topological polar surface area (TPSA) is 59.4 Å². The zero-order valence-electron chi connectivity index (χ0n) is 8.59. The largest absolute Gasteiger partial charge is 0.574 e. The molecule has 0 spiro atoms. The predicted octanol–water partition coefficient (Wildman–Crippen LogP) is 3.11. The molecular weight excluding hydrogens is 434 g/mol. The maximum atomic E-state index is 12.2. The summed E-state index contributed by atoms with van der Waals surface area (Å²) in [6, 6.07) is 1.42. The van der Waals surface area contributed by atoms with Gasteiger partial charge in [-0.2, -0.15) is 0 Å². The number of nitrogens with zero attached hydrogens (tertiary/aromatic N) is 1. The second-order valence-electron chi connectivity index (χ2n) is 3.14. The van der Waals surface area contributed by atoms with Crippen molar-refractivity contribution in [3.63, 3.8) is 0 Å². The van der Waals surface area contributed by atoms with Crippen LogP contribution < -0.4 is 4.74 Å². The molecule has 0 atom stereocenters. The lowest BCUT2D eigenvalue weighted by atomic mass is 10.2. The fraction of sp³-hybridized carbons (Fsp3) is 0.333. The molecule has 0 saturated heterocycles. The van der Waals surface area contributed by atoms with Crippen molar-refractivity contribution < 1.29 is 27.8 Å². The van der Waals surface area contributed by atoms with Gasteiger partial charge in [0.1, 0.15) is 0 Å². The van der Waals surface area contributed by atoms with Crippen LogP contribution in [-0.4, -0.2) is 22.4 Å². The van der Waals surface area contributed by atoms with Crippen LogP contribution in [0.1, 0.15) is 11.3 Å². The Morgan fingerprint density at radius 1 is 1.56 bits per heavy atom. The predicted molar refractivity (Wildman–Crippen MR) is 67.6 cm³/mol. The van der Waals surface area contributed by atoms with E-state index >= 15 is 0 Å². The van der Waals surface area contributed by atoms with Gasteiger partial charge in [-0.05, 0) is 34.2 Å². The number of carboxylic acid groups (broad SMARTS) is 1. The third kappa shape index (κ3) is 4.59. The minimum atomic E-state index is -4.86. The van der Waals surface area contributed by atoms with Crippen molar-refractivity contribution in [2.75, 3.05) is 0 Å². The minimum absolute atomic E-state index is 0.0389. The van der Waals surface area contributed by atoms with Crippen molar-refractivity contribution in [2.45, 2.75) is 18.1 Å². The smallest absolute Gasteiger partial charge is 0.481 e. The molecule has 0 bridgehead atoms. The number of ether oxygens (including phenoxy) is 1. The van der Waals surface area contributed by atoms with Crippen molar-refractivity contribution in [3.8, 4) is 5.88 Å². The number of aliphatic carboxylic acids is 1. The second kappa shape index (κ2) is 6.04. The van der Waals surface area contributed by atoms with E-state index in [1.54, 1.807) is 22.6 Å². The first-order valence-corrected chi connectivity index (χ1v) is 6.64. The Balaban J connectivity index is 3.20. The zero-order valence-corrected chi connectivity index (χ0v) is 12.3. The van der Waals surface area contributed by atoms with Gasteiger partial charge in [0.05, 0.1) is 15.7 Å². The molecule has 1 rings (SSSR count). The van der Waals surface area contributed by atoms with Gasteiger partial charge in [-0.1, -0.05) is 15.9 Å². The highest BCUT2D eigenvalue weighted by Crippen LogP contribution is 2.29. The van der Waals surface area contributed by atoms with Crippen molar-refractivity contribution in [3.05, 3.63) is 20.9 Å². The molecule has 1 aromatic heterocycles. The SMILES string of the molecule is O=C(O)Cc1cc(CBr)nc(OC(F)(F)F)c1I. The molecule has 0 aliphatic carbocycles. The maximum absolute atomic E-state index is 12.2. The first-order chi connectivity index (χ1) is 8.23. The lowest BCUT2D eigenvalue weighted by Gasteiger charge is -2.13. The molecule has 0 aliphatic rings. The Bertz CT molecular complexity index is 467. The van der Waals surface area contributed by atoms with Crippen LogP contribution in [0, 0.1) is 3.57 Å². The molecule has 0 unspecified atom stereocenters. The lowest BCUT2D eigenvalue weighted by Crippen LogP contribution is -2.20. The third-order valence-corrected chi connectivity index (χ3v) is 3.48. The fourth-order valence-electron chi connectivity index (χ4n) is 1.15. The molecule has 18 heavy (non-hydrogen) atoms. The van der Waals surface area contributed by atoms with E-state index in [0.29, 0.717) is 0 Å². The first kappa shape index (κ1) is 15.5. The van der Waals surface area contributed by atoms with Gasteiger partial charge in [0, 0.05) is 5.33 Å². The normalized spacial score (nSPS) is 11.4. The van der Waals surface area contributed by atoms with Gasteiger partial charge in [-0.3, -0.25) is 4.79 Å². The summed E-state index contributed by atoms with van der Waals surface area (Å²) < 4.78 is 40.3. The summed E-state index contributed by atoms with van der Waals surface area (Å²) in [7, 11) is 0. The van der Waals surface area contributed by atoms with Crippen LogP contribution in [0.2, 0.25) is 0 Å². The summed E-state index contributed by atoms with van der Waals surface area (Å²) in [5.41, 5.74) is 0.498. The number of rotatable bonds is 4. The van der Waals surface area contributed by atoms with Crippen LogP contribution in [-0.2, 0) is 16.5 Å². The maximum Gasteiger partial charge on any atom is 0.574 e. The quantitative estimate of drug-likeness (QED) is 0.578. The van der Waals surface area contributed by atoms with Crippen LogP contribution in [0.3, 0.4) is 0 Å².